The van der Waals surface area contributed by atoms with Crippen molar-refractivity contribution < 1.29 is 24.0 Å². The van der Waals surface area contributed by atoms with Gasteiger partial charge in [-0.3, -0.25) is 19.6 Å². The van der Waals surface area contributed by atoms with Gasteiger partial charge in [-0.05, 0) is 36.8 Å². The molecular formula is C24H25N4O4+. The van der Waals surface area contributed by atoms with Crippen molar-refractivity contribution in [2.24, 2.45) is 0 Å². The molecule has 0 bridgehead atoms. The number of likely N-dealkylation sites (tertiary alicyclic amines) is 1. The van der Waals surface area contributed by atoms with E-state index in [-0.39, 0.29) is 11.3 Å². The van der Waals surface area contributed by atoms with E-state index in [4.69, 9.17) is 4.74 Å². The lowest BCUT2D eigenvalue weighted by atomic mass is 9.95. The van der Waals surface area contributed by atoms with E-state index in [1.54, 1.807) is 24.3 Å². The third kappa shape index (κ3) is 4.25. The molecule has 0 radical (unpaired) electrons. The smallest absolute Gasteiger partial charge is 0.295 e. The lowest BCUT2D eigenvalue weighted by molar-refractivity contribution is -0.695. The Hall–Kier alpha value is -3.94. The zero-order valence-electron chi connectivity index (χ0n) is 17.8. The van der Waals surface area contributed by atoms with Gasteiger partial charge in [0.2, 0.25) is 6.33 Å². The summed E-state index contributed by atoms with van der Waals surface area (Å²) in [5, 5.41) is 11.0. The molecule has 1 saturated heterocycles. The van der Waals surface area contributed by atoms with Gasteiger partial charge in [-0.1, -0.05) is 12.1 Å². The second-order valence-electron chi connectivity index (χ2n) is 7.43. The number of rotatable bonds is 8. The number of amides is 1. The van der Waals surface area contributed by atoms with Gasteiger partial charge in [-0.15, -0.1) is 0 Å². The standard InChI is InChI=1S/C24H24N4O4/c1-2-32-19-6-4-17(5-7-19)21-20(22(29)18-8-10-25-11-9-18)23(30)24(31)28(21)14-3-13-27-15-12-26-16-27/h4-12,15-16,21H,2-3,13-14H2,1H3,(H,29,30)/p+1. The van der Waals surface area contributed by atoms with Gasteiger partial charge in [-0.25, -0.2) is 4.57 Å². The average Bonchev–Trinajstić information content (AvgIpc) is 3.42. The van der Waals surface area contributed by atoms with Crippen LogP contribution in [-0.4, -0.2) is 44.8 Å². The van der Waals surface area contributed by atoms with E-state index in [0.717, 1.165) is 5.56 Å². The molecule has 3 aromatic rings. The molecule has 32 heavy (non-hydrogen) atoms. The fraction of sp³-hybridized carbons (Fsp3) is 0.250. The van der Waals surface area contributed by atoms with E-state index in [1.807, 2.05) is 42.3 Å². The van der Waals surface area contributed by atoms with Crippen LogP contribution in [0, 0.1) is 0 Å². The Morgan fingerprint density at radius 3 is 2.59 bits per heavy atom. The summed E-state index contributed by atoms with van der Waals surface area (Å²) in [4.78, 5) is 34.5. The van der Waals surface area contributed by atoms with Crippen molar-refractivity contribution in [3.8, 4) is 5.75 Å². The molecular weight excluding hydrogens is 408 g/mol. The molecule has 3 heterocycles. The highest BCUT2D eigenvalue weighted by Crippen LogP contribution is 2.39. The Morgan fingerprint density at radius 1 is 1.19 bits per heavy atom. The van der Waals surface area contributed by atoms with E-state index < -0.39 is 17.7 Å². The molecule has 1 fully saturated rings. The van der Waals surface area contributed by atoms with Crippen LogP contribution in [0.4, 0.5) is 0 Å². The molecule has 1 aliphatic rings. The summed E-state index contributed by atoms with van der Waals surface area (Å²) < 4.78 is 7.49. The maximum absolute atomic E-state index is 13.0. The summed E-state index contributed by atoms with van der Waals surface area (Å²) in [7, 11) is 0. The van der Waals surface area contributed by atoms with E-state index in [1.165, 1.54) is 17.3 Å². The number of hydrogen-bond acceptors (Lipinski definition) is 5. The number of carbonyl (C=O) groups is 2. The second-order valence-corrected chi connectivity index (χ2v) is 7.43. The topological polar surface area (TPSA) is 99.4 Å². The van der Waals surface area contributed by atoms with Gasteiger partial charge >= 0.3 is 0 Å². The monoisotopic (exact) mass is 433 g/mol. The molecule has 8 nitrogen and oxygen atoms in total. The van der Waals surface area contributed by atoms with Crippen LogP contribution in [-0.2, 0) is 16.1 Å². The number of pyridine rings is 1. The normalized spacial score (nSPS) is 17.7. The number of ether oxygens (including phenoxy) is 1. The predicted octanol–water partition coefficient (Wildman–Crippen LogP) is 2.61. The molecule has 0 aliphatic carbocycles. The number of H-pyrrole nitrogens is 1. The lowest BCUT2D eigenvalue weighted by Crippen LogP contribution is -2.36. The van der Waals surface area contributed by atoms with Crippen molar-refractivity contribution in [3.05, 3.63) is 84.2 Å². The van der Waals surface area contributed by atoms with Crippen LogP contribution in [0.15, 0.2) is 73.1 Å². The van der Waals surface area contributed by atoms with Gasteiger partial charge in [0, 0.05) is 30.9 Å². The van der Waals surface area contributed by atoms with Gasteiger partial charge in [0.25, 0.3) is 11.7 Å². The number of nitrogens with one attached hydrogen (secondary N) is 1. The molecule has 1 amide bonds. The van der Waals surface area contributed by atoms with E-state index in [9.17, 15) is 14.7 Å². The van der Waals surface area contributed by atoms with Crippen LogP contribution in [0.2, 0.25) is 0 Å². The van der Waals surface area contributed by atoms with Gasteiger partial charge in [0.05, 0.1) is 24.8 Å². The molecule has 2 N–H and O–H groups in total. The highest BCUT2D eigenvalue weighted by molar-refractivity contribution is 6.46. The maximum atomic E-state index is 13.0. The fourth-order valence-corrected chi connectivity index (χ4v) is 3.92. The molecule has 1 unspecified atom stereocenters. The Kier molecular flexibility index (Phi) is 6.30. The third-order valence-corrected chi connectivity index (χ3v) is 5.42. The number of Topliss-reactive ketones (excluding diaryl/α,β-unsaturated/α-hetero) is 1. The number of aromatic nitrogens is 3. The number of aryl methyl sites for hydroxylation is 1. The SMILES string of the molecule is CCOc1ccc(C2C(=C(O)c3ccncc3)C(=O)C(=O)N2CCC[n+]2cc[nH]c2)cc1. The highest BCUT2D eigenvalue weighted by atomic mass is 16.5. The average molecular weight is 433 g/mol. The van der Waals surface area contributed by atoms with Crippen LogP contribution in [0.3, 0.4) is 0 Å². The van der Waals surface area contributed by atoms with Crippen LogP contribution >= 0.6 is 0 Å². The Bertz CT molecular complexity index is 1110. The van der Waals surface area contributed by atoms with Gasteiger partial charge in [0.1, 0.15) is 23.9 Å². The second kappa shape index (κ2) is 9.47. The minimum absolute atomic E-state index is 0.0830. The Labute approximate surface area is 185 Å². The largest absolute Gasteiger partial charge is 0.507 e. The van der Waals surface area contributed by atoms with Crippen molar-refractivity contribution >= 4 is 17.4 Å². The van der Waals surface area contributed by atoms with Crippen LogP contribution in [0.5, 0.6) is 5.75 Å². The summed E-state index contributed by atoms with van der Waals surface area (Å²) in [5.41, 5.74) is 1.26. The molecule has 164 valence electrons. The minimum Gasteiger partial charge on any atom is -0.507 e. The summed E-state index contributed by atoms with van der Waals surface area (Å²) in [6.45, 7) is 3.50. The summed E-state index contributed by atoms with van der Waals surface area (Å²) in [6.07, 6.45) is 9.28. The molecule has 8 heteroatoms. The van der Waals surface area contributed by atoms with Crippen molar-refractivity contribution in [3.63, 3.8) is 0 Å². The first-order valence-corrected chi connectivity index (χ1v) is 10.5. The highest BCUT2D eigenvalue weighted by Gasteiger charge is 2.45. The molecule has 2 aromatic heterocycles. The number of imidazole rings is 1. The van der Waals surface area contributed by atoms with Crippen LogP contribution in [0.1, 0.15) is 30.5 Å². The Balaban J connectivity index is 1.70. The number of ketones is 1. The van der Waals surface area contributed by atoms with Crippen LogP contribution < -0.4 is 9.30 Å². The van der Waals surface area contributed by atoms with Gasteiger partial charge < -0.3 is 14.7 Å². The Morgan fingerprint density at radius 2 is 1.94 bits per heavy atom. The van der Waals surface area contributed by atoms with E-state index in [2.05, 4.69) is 9.97 Å². The predicted molar refractivity (Wildman–Crippen MR) is 116 cm³/mol. The molecule has 1 aromatic carbocycles. The fourth-order valence-electron chi connectivity index (χ4n) is 3.92. The van der Waals surface area contributed by atoms with E-state index in [0.29, 0.717) is 37.4 Å². The first kappa shape index (κ1) is 21.3. The molecule has 0 spiro atoms. The number of benzene rings is 1. The van der Waals surface area contributed by atoms with Crippen molar-refractivity contribution in [2.45, 2.75) is 25.9 Å². The zero-order chi connectivity index (χ0) is 22.5. The maximum Gasteiger partial charge on any atom is 0.295 e. The number of aromatic amines is 1. The number of hydrogen-bond donors (Lipinski definition) is 2. The molecule has 0 saturated carbocycles. The molecule has 1 atom stereocenters. The van der Waals surface area contributed by atoms with Crippen molar-refractivity contribution in [1.82, 2.24) is 14.9 Å². The first-order valence-electron chi connectivity index (χ1n) is 10.5. The number of nitrogens with zero attached hydrogens (tertiary/aromatic N) is 3. The summed E-state index contributed by atoms with van der Waals surface area (Å²) in [6, 6.07) is 9.81. The minimum atomic E-state index is -0.688. The van der Waals surface area contributed by atoms with E-state index >= 15 is 0 Å². The molecule has 1 aliphatic heterocycles. The quantitative estimate of drug-likeness (QED) is 0.246. The summed E-state index contributed by atoms with van der Waals surface area (Å²) >= 11 is 0. The van der Waals surface area contributed by atoms with Crippen molar-refractivity contribution in [2.75, 3.05) is 13.2 Å². The van der Waals surface area contributed by atoms with Crippen LogP contribution in [0.25, 0.3) is 5.76 Å². The lowest BCUT2D eigenvalue weighted by Gasteiger charge is -2.25. The zero-order valence-corrected chi connectivity index (χ0v) is 17.8. The first-order chi connectivity index (χ1) is 15.6. The number of aliphatic hydroxyl groups excluding tert-OH is 1. The number of aliphatic hydroxyl groups is 1. The van der Waals surface area contributed by atoms with Crippen molar-refractivity contribution in [1.29, 1.82) is 0 Å². The van der Waals surface area contributed by atoms with Gasteiger partial charge in [-0.2, -0.15) is 0 Å². The summed E-state index contributed by atoms with van der Waals surface area (Å²) in [5.74, 6) is -0.801. The third-order valence-electron chi connectivity index (χ3n) is 5.42. The number of carbonyl (C=O) groups excluding carboxylic acids is 2. The molecule has 4 rings (SSSR count). The van der Waals surface area contributed by atoms with Gasteiger partial charge in [0.15, 0.2) is 0 Å².